The molecule has 0 fully saturated rings. The van der Waals surface area contributed by atoms with Gasteiger partial charge in [-0.2, -0.15) is 0 Å². The molecule has 12 heavy (non-hydrogen) atoms. The van der Waals surface area contributed by atoms with E-state index in [4.69, 9.17) is 0 Å². The molecular formula is C8H10BrN3. The molecule has 0 bridgehead atoms. The van der Waals surface area contributed by atoms with Gasteiger partial charge in [0.05, 0.1) is 5.69 Å². The normalized spacial score (nSPS) is 9.75. The van der Waals surface area contributed by atoms with E-state index in [1.807, 2.05) is 6.07 Å². The fraction of sp³-hybridized carbons (Fsp3) is 0.250. The summed E-state index contributed by atoms with van der Waals surface area (Å²) in [5.74, 6) is 0. The number of hydrogen-bond acceptors (Lipinski definition) is 3. The van der Waals surface area contributed by atoms with Crippen LogP contribution in [0, 0.1) is 0 Å². The Morgan fingerprint density at radius 2 is 2.50 bits per heavy atom. The maximum absolute atomic E-state index is 4.06. The second-order valence-corrected chi connectivity index (χ2v) is 3.44. The smallest absolute Gasteiger partial charge is 0.115 e. The number of nitrogens with one attached hydrogen (secondary N) is 1. The van der Waals surface area contributed by atoms with Gasteiger partial charge >= 0.3 is 0 Å². The first-order valence-corrected chi connectivity index (χ1v) is 4.37. The Labute approximate surface area is 80.1 Å². The van der Waals surface area contributed by atoms with E-state index in [0.717, 1.165) is 23.3 Å². The van der Waals surface area contributed by atoms with Crippen molar-refractivity contribution in [2.45, 2.75) is 6.54 Å². The fourth-order valence-electron chi connectivity index (χ4n) is 0.749. The van der Waals surface area contributed by atoms with Gasteiger partial charge in [0.1, 0.15) is 6.33 Å². The predicted molar refractivity (Wildman–Crippen MR) is 51.8 cm³/mol. The molecule has 4 heteroatoms. The third kappa shape index (κ3) is 3.59. The van der Waals surface area contributed by atoms with Crippen molar-refractivity contribution in [2.24, 2.45) is 0 Å². The van der Waals surface area contributed by atoms with Gasteiger partial charge in [-0.05, 0) is 6.07 Å². The Kier molecular flexibility index (Phi) is 3.90. The van der Waals surface area contributed by atoms with Crippen LogP contribution in [0.2, 0.25) is 0 Å². The monoisotopic (exact) mass is 227 g/mol. The van der Waals surface area contributed by atoms with Gasteiger partial charge in [-0.3, -0.25) is 0 Å². The van der Waals surface area contributed by atoms with E-state index in [2.05, 4.69) is 37.8 Å². The molecule has 0 aliphatic heterocycles. The number of aromatic nitrogens is 2. The first-order valence-electron chi connectivity index (χ1n) is 3.58. The number of rotatable bonds is 4. The number of nitrogens with zero attached hydrogens (tertiary/aromatic N) is 2. The average molecular weight is 228 g/mol. The molecule has 1 rings (SSSR count). The SMILES string of the molecule is C=C(Br)CNCc1ccncn1. The van der Waals surface area contributed by atoms with Crippen LogP contribution in [0.25, 0.3) is 0 Å². The average Bonchev–Trinajstić information content (AvgIpc) is 2.05. The van der Waals surface area contributed by atoms with Crippen molar-refractivity contribution in [3.8, 4) is 0 Å². The van der Waals surface area contributed by atoms with Gasteiger partial charge in [-0.25, -0.2) is 9.97 Å². The molecule has 1 aromatic rings. The minimum Gasteiger partial charge on any atom is -0.307 e. The molecule has 0 saturated carbocycles. The van der Waals surface area contributed by atoms with Crippen LogP contribution in [0.15, 0.2) is 29.7 Å². The Balaban J connectivity index is 2.29. The van der Waals surface area contributed by atoms with Crippen LogP contribution in [0.5, 0.6) is 0 Å². The summed E-state index contributed by atoms with van der Waals surface area (Å²) in [5, 5.41) is 3.16. The third-order valence-electron chi connectivity index (χ3n) is 1.27. The van der Waals surface area contributed by atoms with E-state index in [-0.39, 0.29) is 0 Å². The summed E-state index contributed by atoms with van der Waals surface area (Å²) in [5.41, 5.74) is 0.985. The second-order valence-electron chi connectivity index (χ2n) is 2.32. The van der Waals surface area contributed by atoms with Crippen LogP contribution < -0.4 is 5.32 Å². The molecular weight excluding hydrogens is 218 g/mol. The fourth-order valence-corrected chi connectivity index (χ4v) is 0.947. The molecule has 0 atom stereocenters. The largest absolute Gasteiger partial charge is 0.307 e. The topological polar surface area (TPSA) is 37.8 Å². The van der Waals surface area contributed by atoms with Crippen molar-refractivity contribution in [1.82, 2.24) is 15.3 Å². The van der Waals surface area contributed by atoms with Crippen LogP contribution in [-0.2, 0) is 6.54 Å². The third-order valence-corrected chi connectivity index (χ3v) is 1.55. The lowest BCUT2D eigenvalue weighted by Gasteiger charge is -2.01. The highest BCUT2D eigenvalue weighted by atomic mass is 79.9. The minimum absolute atomic E-state index is 0.743. The van der Waals surface area contributed by atoms with Crippen molar-refractivity contribution >= 4 is 15.9 Å². The van der Waals surface area contributed by atoms with Crippen LogP contribution in [-0.4, -0.2) is 16.5 Å². The van der Waals surface area contributed by atoms with E-state index < -0.39 is 0 Å². The quantitative estimate of drug-likeness (QED) is 0.847. The molecule has 0 unspecified atom stereocenters. The molecule has 1 N–H and O–H groups in total. The van der Waals surface area contributed by atoms with E-state index in [1.165, 1.54) is 0 Å². The summed E-state index contributed by atoms with van der Waals surface area (Å²) in [6.07, 6.45) is 3.27. The highest BCUT2D eigenvalue weighted by Crippen LogP contribution is 1.97. The van der Waals surface area contributed by atoms with Gasteiger partial charge in [-0.15, -0.1) is 0 Å². The van der Waals surface area contributed by atoms with E-state index >= 15 is 0 Å². The molecule has 0 spiro atoms. The van der Waals surface area contributed by atoms with Crippen molar-refractivity contribution in [2.75, 3.05) is 6.54 Å². The highest BCUT2D eigenvalue weighted by molar-refractivity contribution is 9.11. The molecule has 0 aromatic carbocycles. The highest BCUT2D eigenvalue weighted by Gasteiger charge is 1.91. The Morgan fingerprint density at radius 1 is 1.67 bits per heavy atom. The van der Waals surface area contributed by atoms with Gasteiger partial charge in [-0.1, -0.05) is 22.5 Å². The van der Waals surface area contributed by atoms with Gasteiger partial charge in [0.2, 0.25) is 0 Å². The Morgan fingerprint density at radius 3 is 3.08 bits per heavy atom. The van der Waals surface area contributed by atoms with E-state index in [1.54, 1.807) is 12.5 Å². The lowest BCUT2D eigenvalue weighted by molar-refractivity contribution is 0.734. The molecule has 0 aliphatic rings. The van der Waals surface area contributed by atoms with Crippen LogP contribution in [0.1, 0.15) is 5.69 Å². The molecule has 1 aromatic heterocycles. The Bertz CT molecular complexity index is 248. The summed E-state index contributed by atoms with van der Waals surface area (Å²) >= 11 is 3.26. The van der Waals surface area contributed by atoms with E-state index in [0.29, 0.717) is 0 Å². The number of halogens is 1. The van der Waals surface area contributed by atoms with Gasteiger partial charge in [0, 0.05) is 23.8 Å². The van der Waals surface area contributed by atoms with E-state index in [9.17, 15) is 0 Å². The van der Waals surface area contributed by atoms with Gasteiger partial charge in [0.15, 0.2) is 0 Å². The molecule has 64 valence electrons. The van der Waals surface area contributed by atoms with Crippen molar-refractivity contribution in [1.29, 1.82) is 0 Å². The second kappa shape index (κ2) is 5.00. The van der Waals surface area contributed by atoms with Gasteiger partial charge in [0.25, 0.3) is 0 Å². The zero-order valence-corrected chi connectivity index (χ0v) is 8.21. The van der Waals surface area contributed by atoms with Crippen LogP contribution in [0.4, 0.5) is 0 Å². The molecule has 0 amide bonds. The maximum Gasteiger partial charge on any atom is 0.115 e. The molecule has 0 aliphatic carbocycles. The minimum atomic E-state index is 0.743. The summed E-state index contributed by atoms with van der Waals surface area (Å²) in [6, 6.07) is 1.88. The van der Waals surface area contributed by atoms with Crippen LogP contribution in [0.3, 0.4) is 0 Å². The summed E-state index contributed by atoms with van der Waals surface area (Å²) < 4.78 is 0.941. The summed E-state index contributed by atoms with van der Waals surface area (Å²) in [6.45, 7) is 5.20. The maximum atomic E-state index is 4.06. The van der Waals surface area contributed by atoms with Crippen LogP contribution >= 0.6 is 15.9 Å². The lowest BCUT2D eigenvalue weighted by atomic mass is 10.4. The predicted octanol–water partition coefficient (Wildman–Crippen LogP) is 1.47. The zero-order chi connectivity index (χ0) is 8.81. The van der Waals surface area contributed by atoms with Crippen molar-refractivity contribution in [3.05, 3.63) is 35.3 Å². The Hall–Kier alpha value is -0.740. The standard InChI is InChI=1S/C8H10BrN3/c1-7(9)4-11-5-8-2-3-10-6-12-8/h2-3,6,11H,1,4-5H2. The molecule has 0 saturated heterocycles. The van der Waals surface area contributed by atoms with Crippen molar-refractivity contribution < 1.29 is 0 Å². The number of hydrogen-bond donors (Lipinski definition) is 1. The first-order chi connectivity index (χ1) is 5.79. The molecule has 3 nitrogen and oxygen atoms in total. The summed E-state index contributed by atoms with van der Waals surface area (Å²) in [4.78, 5) is 7.88. The zero-order valence-electron chi connectivity index (χ0n) is 6.63. The first kappa shape index (κ1) is 9.35. The molecule has 1 heterocycles. The summed E-state index contributed by atoms with van der Waals surface area (Å²) in [7, 11) is 0. The van der Waals surface area contributed by atoms with Crippen molar-refractivity contribution in [3.63, 3.8) is 0 Å². The lowest BCUT2D eigenvalue weighted by Crippen LogP contribution is -2.15. The molecule has 0 radical (unpaired) electrons. The van der Waals surface area contributed by atoms with Gasteiger partial charge < -0.3 is 5.32 Å².